The van der Waals surface area contributed by atoms with E-state index in [0.29, 0.717) is 38.3 Å². The minimum atomic E-state index is -0.727. The Morgan fingerprint density at radius 2 is 1.91 bits per heavy atom. The number of fused-ring (bicyclic) bond motifs is 4. The zero-order valence-corrected chi connectivity index (χ0v) is 25.2. The molecule has 1 aliphatic rings. The topological polar surface area (TPSA) is 118 Å². The highest BCUT2D eigenvalue weighted by molar-refractivity contribution is 7.13. The number of amides is 3. The maximum atomic E-state index is 13.6. The summed E-state index contributed by atoms with van der Waals surface area (Å²) in [6, 6.07) is 16.6. The number of aromatic nitrogens is 3. The van der Waals surface area contributed by atoms with Gasteiger partial charge in [-0.1, -0.05) is 56.3 Å². The number of nitrogens with one attached hydrogen (secondary N) is 2. The van der Waals surface area contributed by atoms with Gasteiger partial charge in [0.05, 0.1) is 13.2 Å². The van der Waals surface area contributed by atoms with E-state index in [0.717, 1.165) is 22.0 Å². The molecule has 11 heteroatoms. The van der Waals surface area contributed by atoms with Crippen LogP contribution in [0.2, 0.25) is 0 Å². The van der Waals surface area contributed by atoms with E-state index in [1.165, 1.54) is 16.2 Å². The van der Waals surface area contributed by atoms with Gasteiger partial charge in [0.15, 0.2) is 0 Å². The molecule has 1 aliphatic heterocycles. The van der Waals surface area contributed by atoms with Crippen molar-refractivity contribution in [1.29, 1.82) is 0 Å². The van der Waals surface area contributed by atoms with Gasteiger partial charge in [-0.05, 0) is 30.9 Å². The van der Waals surface area contributed by atoms with Crippen LogP contribution in [0.5, 0.6) is 5.75 Å². The van der Waals surface area contributed by atoms with Gasteiger partial charge in [-0.25, -0.2) is 9.97 Å². The number of carbonyl (C=O) groups excluding carboxylic acids is 3. The first-order valence-electron chi connectivity index (χ1n) is 14.5. The Morgan fingerprint density at radius 3 is 2.72 bits per heavy atom. The minimum Gasteiger partial charge on any atom is -0.494 e. The Balaban J connectivity index is 1.38. The normalized spacial score (nSPS) is 16.8. The van der Waals surface area contributed by atoms with Crippen molar-refractivity contribution in [2.45, 2.75) is 39.3 Å². The molecule has 0 fully saturated rings. The number of benzene rings is 2. The van der Waals surface area contributed by atoms with Gasteiger partial charge in [0.2, 0.25) is 11.8 Å². The Bertz CT molecular complexity index is 1550. The molecule has 10 nitrogen and oxygen atoms in total. The van der Waals surface area contributed by atoms with Gasteiger partial charge in [-0.2, -0.15) is 0 Å². The van der Waals surface area contributed by atoms with Gasteiger partial charge in [0.1, 0.15) is 28.3 Å². The van der Waals surface area contributed by atoms with Gasteiger partial charge in [0.25, 0.3) is 5.91 Å². The molecule has 0 saturated heterocycles. The molecule has 2 bridgehead atoms. The quantitative estimate of drug-likeness (QED) is 0.362. The van der Waals surface area contributed by atoms with E-state index in [4.69, 9.17) is 4.74 Å². The second-order valence-corrected chi connectivity index (χ2v) is 11.7. The lowest BCUT2D eigenvalue weighted by Gasteiger charge is -2.25. The summed E-state index contributed by atoms with van der Waals surface area (Å²) in [6.45, 7) is 5.28. The molecule has 5 rings (SSSR count). The van der Waals surface area contributed by atoms with Crippen LogP contribution in [0.4, 0.5) is 0 Å². The summed E-state index contributed by atoms with van der Waals surface area (Å²) in [5, 5.41) is 8.28. The molecule has 0 spiro atoms. The molecule has 2 aromatic carbocycles. The number of rotatable bonds is 4. The average molecular weight is 601 g/mol. The van der Waals surface area contributed by atoms with E-state index in [-0.39, 0.29) is 36.5 Å². The third-order valence-corrected chi connectivity index (χ3v) is 7.92. The number of ether oxygens (including phenoxy) is 1. The fraction of sp³-hybridized carbons (Fsp3) is 0.344. The smallest absolute Gasteiger partial charge is 0.273 e. The molecule has 2 aromatic heterocycles. The van der Waals surface area contributed by atoms with Crippen LogP contribution in [0.1, 0.15) is 37.2 Å². The third kappa shape index (κ3) is 7.86. The van der Waals surface area contributed by atoms with Gasteiger partial charge < -0.3 is 24.8 Å². The molecule has 1 atom stereocenters. The van der Waals surface area contributed by atoms with Crippen molar-refractivity contribution in [3.05, 3.63) is 78.1 Å². The fourth-order valence-corrected chi connectivity index (χ4v) is 5.76. The molecule has 3 heterocycles. The zero-order chi connectivity index (χ0) is 30.2. The number of nitrogens with zero attached hydrogens (tertiary/aromatic N) is 4. The molecule has 0 radical (unpaired) electrons. The summed E-state index contributed by atoms with van der Waals surface area (Å²) in [5.74, 6) is 0.609. The molecule has 0 aliphatic carbocycles. The first-order valence-corrected chi connectivity index (χ1v) is 15.4. The molecular formula is C32H36N6O4S. The van der Waals surface area contributed by atoms with E-state index in [9.17, 15) is 14.4 Å². The summed E-state index contributed by atoms with van der Waals surface area (Å²) in [5.41, 5.74) is 2.10. The lowest BCUT2D eigenvalue weighted by Crippen LogP contribution is -2.51. The highest BCUT2D eigenvalue weighted by Gasteiger charge is 2.26. The Morgan fingerprint density at radius 1 is 1.09 bits per heavy atom. The molecule has 0 unspecified atom stereocenters. The Hall–Kier alpha value is -4.51. The van der Waals surface area contributed by atoms with Crippen molar-refractivity contribution in [2.75, 3.05) is 26.2 Å². The van der Waals surface area contributed by atoms with Crippen LogP contribution in [-0.4, -0.2) is 69.4 Å². The number of imidazole rings is 1. The van der Waals surface area contributed by atoms with Crippen LogP contribution in [-0.2, 0) is 16.1 Å². The molecule has 224 valence electrons. The highest BCUT2D eigenvalue weighted by atomic mass is 32.1. The summed E-state index contributed by atoms with van der Waals surface area (Å²) >= 11 is 1.38. The van der Waals surface area contributed by atoms with E-state index in [1.807, 2.05) is 79.2 Å². The van der Waals surface area contributed by atoms with E-state index < -0.39 is 11.9 Å². The van der Waals surface area contributed by atoms with Crippen molar-refractivity contribution in [3.8, 4) is 27.7 Å². The van der Waals surface area contributed by atoms with Crippen LogP contribution < -0.4 is 15.4 Å². The summed E-state index contributed by atoms with van der Waals surface area (Å²) in [6.07, 6.45) is 4.56. The number of hydrogen-bond acceptors (Lipinski definition) is 7. The second-order valence-electron chi connectivity index (χ2n) is 10.8. The van der Waals surface area contributed by atoms with Crippen LogP contribution in [0, 0.1) is 5.92 Å². The van der Waals surface area contributed by atoms with Crippen LogP contribution in [0.15, 0.2) is 72.4 Å². The van der Waals surface area contributed by atoms with E-state index >= 15 is 0 Å². The van der Waals surface area contributed by atoms with Crippen molar-refractivity contribution in [1.82, 2.24) is 30.1 Å². The number of hydrogen-bond donors (Lipinski definition) is 2. The van der Waals surface area contributed by atoms with Gasteiger partial charge >= 0.3 is 0 Å². The molecule has 2 N–H and O–H groups in total. The molecular weight excluding hydrogens is 564 g/mol. The number of carbonyl (C=O) groups is 3. The number of thiazole rings is 1. The largest absolute Gasteiger partial charge is 0.494 e. The van der Waals surface area contributed by atoms with E-state index in [2.05, 4.69) is 20.6 Å². The Kier molecular flexibility index (Phi) is 9.83. The van der Waals surface area contributed by atoms with Gasteiger partial charge in [-0.15, -0.1) is 11.3 Å². The van der Waals surface area contributed by atoms with Gasteiger partial charge in [-0.3, -0.25) is 14.4 Å². The SMILES string of the molecule is CC(C)C[C@H]1NC(=O)CN(C(=O)c2csc(-c3ccccc3)n2)CCCOc2cccc(c2)-c2nccn2CCNC1=O. The van der Waals surface area contributed by atoms with Crippen molar-refractivity contribution in [2.24, 2.45) is 5.92 Å². The minimum absolute atomic E-state index is 0.169. The van der Waals surface area contributed by atoms with Crippen molar-refractivity contribution in [3.63, 3.8) is 0 Å². The maximum absolute atomic E-state index is 13.6. The predicted octanol–water partition coefficient (Wildman–Crippen LogP) is 4.25. The molecule has 4 aromatic rings. The molecule has 43 heavy (non-hydrogen) atoms. The predicted molar refractivity (Wildman–Crippen MR) is 166 cm³/mol. The highest BCUT2D eigenvalue weighted by Crippen LogP contribution is 2.25. The van der Waals surface area contributed by atoms with E-state index in [1.54, 1.807) is 11.6 Å². The second kappa shape index (κ2) is 14.1. The third-order valence-electron chi connectivity index (χ3n) is 7.03. The zero-order valence-electron chi connectivity index (χ0n) is 24.4. The monoisotopic (exact) mass is 600 g/mol. The summed E-state index contributed by atoms with van der Waals surface area (Å²) < 4.78 is 8.01. The lowest BCUT2D eigenvalue weighted by atomic mass is 10.0. The molecule has 3 amide bonds. The standard InChI is InChI=1S/C32H36N6O4S/c1-22(2)18-26-30(40)34-13-16-37-15-12-33-29(37)24-10-6-11-25(19-24)42-17-7-14-38(20-28(39)35-26)32(41)27-21-43-31(36-27)23-8-4-3-5-9-23/h3-6,8-12,15,19,21-22,26H,7,13-14,16-18,20H2,1-2H3,(H,34,40)(H,35,39)/t26-/m1/s1. The first kappa shape index (κ1) is 30.0. The fourth-order valence-electron chi connectivity index (χ4n) is 4.96. The summed E-state index contributed by atoms with van der Waals surface area (Å²) in [7, 11) is 0. The van der Waals surface area contributed by atoms with Crippen molar-refractivity contribution >= 4 is 29.1 Å². The lowest BCUT2D eigenvalue weighted by molar-refractivity contribution is -0.129. The average Bonchev–Trinajstić information content (AvgIpc) is 3.68. The Labute approximate surface area is 255 Å². The van der Waals surface area contributed by atoms with Crippen LogP contribution >= 0.6 is 11.3 Å². The van der Waals surface area contributed by atoms with Gasteiger partial charge in [0, 0.05) is 48.5 Å². The summed E-state index contributed by atoms with van der Waals surface area (Å²) in [4.78, 5) is 50.7. The van der Waals surface area contributed by atoms with Crippen LogP contribution in [0.25, 0.3) is 22.0 Å². The van der Waals surface area contributed by atoms with Crippen LogP contribution in [0.3, 0.4) is 0 Å². The maximum Gasteiger partial charge on any atom is 0.273 e. The molecule has 0 saturated carbocycles. The van der Waals surface area contributed by atoms with Crippen molar-refractivity contribution < 1.29 is 19.1 Å². The first-order chi connectivity index (χ1) is 20.9.